The Balaban J connectivity index is 1.91. The summed E-state index contributed by atoms with van der Waals surface area (Å²) in [4.78, 5) is 4.22. The Morgan fingerprint density at radius 2 is 1.86 bits per heavy atom. The quantitative estimate of drug-likeness (QED) is 0.944. The monoisotopic (exact) mass is 308 g/mol. The van der Waals surface area contributed by atoms with E-state index in [2.05, 4.69) is 4.98 Å². The van der Waals surface area contributed by atoms with Crippen molar-refractivity contribution in [3.05, 3.63) is 42.2 Å². The standard InChI is InChI=1S/C16H18F2N2O2/c17-13-7-12(8-14(18)9-13)15-19-3-4-20(15)10-16(11-21)1-5-22-6-2-16/h3-4,7-9,21H,1-2,5-6,10-11H2. The van der Waals surface area contributed by atoms with E-state index in [4.69, 9.17) is 4.74 Å². The number of rotatable bonds is 4. The average molecular weight is 308 g/mol. The van der Waals surface area contributed by atoms with E-state index in [1.807, 2.05) is 4.57 Å². The zero-order valence-electron chi connectivity index (χ0n) is 12.1. The number of aliphatic hydroxyl groups is 1. The van der Waals surface area contributed by atoms with Crippen molar-refractivity contribution >= 4 is 0 Å². The van der Waals surface area contributed by atoms with E-state index < -0.39 is 11.6 Å². The van der Waals surface area contributed by atoms with E-state index in [0.717, 1.165) is 18.9 Å². The Labute approximate surface area is 127 Å². The van der Waals surface area contributed by atoms with Crippen molar-refractivity contribution in [3.63, 3.8) is 0 Å². The van der Waals surface area contributed by atoms with Crippen molar-refractivity contribution in [1.29, 1.82) is 0 Å². The molecule has 2 aromatic rings. The third kappa shape index (κ3) is 3.03. The highest BCUT2D eigenvalue weighted by molar-refractivity contribution is 5.55. The van der Waals surface area contributed by atoms with Crippen LogP contribution in [0.2, 0.25) is 0 Å². The van der Waals surface area contributed by atoms with Crippen LogP contribution < -0.4 is 0 Å². The fourth-order valence-electron chi connectivity index (χ4n) is 2.91. The van der Waals surface area contributed by atoms with Crippen molar-refractivity contribution in [3.8, 4) is 11.4 Å². The molecule has 1 aromatic carbocycles. The van der Waals surface area contributed by atoms with Crippen LogP contribution in [-0.4, -0.2) is 34.5 Å². The number of hydrogen-bond acceptors (Lipinski definition) is 3. The summed E-state index contributed by atoms with van der Waals surface area (Å²) in [6.45, 7) is 1.81. The summed E-state index contributed by atoms with van der Waals surface area (Å²) in [5, 5.41) is 9.78. The number of nitrogens with zero attached hydrogens (tertiary/aromatic N) is 2. The van der Waals surface area contributed by atoms with E-state index in [-0.39, 0.29) is 12.0 Å². The first-order valence-corrected chi connectivity index (χ1v) is 7.28. The summed E-state index contributed by atoms with van der Waals surface area (Å²) in [5.74, 6) is -0.766. The summed E-state index contributed by atoms with van der Waals surface area (Å²) in [7, 11) is 0. The molecule has 22 heavy (non-hydrogen) atoms. The van der Waals surface area contributed by atoms with Gasteiger partial charge in [0.15, 0.2) is 0 Å². The van der Waals surface area contributed by atoms with Crippen LogP contribution in [0, 0.1) is 17.0 Å². The Morgan fingerprint density at radius 1 is 1.18 bits per heavy atom. The fourth-order valence-corrected chi connectivity index (χ4v) is 2.91. The molecular weight excluding hydrogens is 290 g/mol. The van der Waals surface area contributed by atoms with Crippen LogP contribution in [0.25, 0.3) is 11.4 Å². The maximum absolute atomic E-state index is 13.4. The third-order valence-electron chi connectivity index (χ3n) is 4.23. The molecule has 0 atom stereocenters. The molecule has 6 heteroatoms. The van der Waals surface area contributed by atoms with Gasteiger partial charge in [-0.1, -0.05) is 0 Å². The van der Waals surface area contributed by atoms with Crippen molar-refractivity contribution in [2.24, 2.45) is 5.41 Å². The van der Waals surface area contributed by atoms with Crippen molar-refractivity contribution in [1.82, 2.24) is 9.55 Å². The molecule has 3 rings (SSSR count). The molecular formula is C16H18F2N2O2. The Bertz CT molecular complexity index is 631. The van der Waals surface area contributed by atoms with Gasteiger partial charge in [-0.05, 0) is 25.0 Å². The molecule has 1 aliphatic heterocycles. The lowest BCUT2D eigenvalue weighted by atomic mass is 9.81. The average Bonchev–Trinajstić information content (AvgIpc) is 2.95. The van der Waals surface area contributed by atoms with Crippen LogP contribution in [0.4, 0.5) is 8.78 Å². The maximum atomic E-state index is 13.4. The van der Waals surface area contributed by atoms with Crippen molar-refractivity contribution in [2.75, 3.05) is 19.8 Å². The number of aliphatic hydroxyl groups excluding tert-OH is 1. The molecule has 0 spiro atoms. The van der Waals surface area contributed by atoms with Gasteiger partial charge in [-0.3, -0.25) is 0 Å². The first-order chi connectivity index (χ1) is 10.6. The van der Waals surface area contributed by atoms with Gasteiger partial charge in [0.2, 0.25) is 0 Å². The minimum atomic E-state index is -0.632. The molecule has 1 aromatic heterocycles. The molecule has 2 heterocycles. The van der Waals surface area contributed by atoms with Gasteiger partial charge in [-0.25, -0.2) is 13.8 Å². The number of aromatic nitrogens is 2. The number of hydrogen-bond donors (Lipinski definition) is 1. The topological polar surface area (TPSA) is 47.3 Å². The first kappa shape index (κ1) is 15.1. The smallest absolute Gasteiger partial charge is 0.140 e. The number of halogens is 2. The molecule has 1 aliphatic rings. The molecule has 0 saturated carbocycles. The minimum Gasteiger partial charge on any atom is -0.396 e. The van der Waals surface area contributed by atoms with Gasteiger partial charge < -0.3 is 14.4 Å². The minimum absolute atomic E-state index is 0.0471. The molecule has 0 unspecified atom stereocenters. The molecule has 0 aliphatic carbocycles. The van der Waals surface area contributed by atoms with Crippen molar-refractivity contribution in [2.45, 2.75) is 19.4 Å². The highest BCUT2D eigenvalue weighted by Gasteiger charge is 2.33. The number of imidazole rings is 1. The molecule has 1 fully saturated rings. The lowest BCUT2D eigenvalue weighted by Crippen LogP contribution is -2.37. The predicted molar refractivity (Wildman–Crippen MR) is 77.2 cm³/mol. The molecule has 0 radical (unpaired) electrons. The lowest BCUT2D eigenvalue weighted by molar-refractivity contribution is -0.0250. The summed E-state index contributed by atoms with van der Waals surface area (Å²) in [6, 6.07) is 3.36. The van der Waals surface area contributed by atoms with E-state index in [1.165, 1.54) is 12.1 Å². The van der Waals surface area contributed by atoms with Gasteiger partial charge in [0.05, 0.1) is 6.61 Å². The summed E-state index contributed by atoms with van der Waals surface area (Å²) in [5.41, 5.74) is 0.113. The molecule has 1 N–H and O–H groups in total. The van der Waals surface area contributed by atoms with E-state index in [1.54, 1.807) is 12.4 Å². The Hall–Kier alpha value is -1.79. The second-order valence-electron chi connectivity index (χ2n) is 5.81. The normalized spacial score (nSPS) is 17.6. The van der Waals surface area contributed by atoms with Crippen LogP contribution in [0.3, 0.4) is 0 Å². The SMILES string of the molecule is OCC1(Cn2ccnc2-c2cc(F)cc(F)c2)CCOCC1. The van der Waals surface area contributed by atoms with E-state index in [0.29, 0.717) is 31.1 Å². The zero-order chi connectivity index (χ0) is 15.6. The maximum Gasteiger partial charge on any atom is 0.140 e. The number of ether oxygens (including phenoxy) is 1. The molecule has 1 saturated heterocycles. The van der Waals surface area contributed by atoms with Gasteiger partial charge >= 0.3 is 0 Å². The van der Waals surface area contributed by atoms with E-state index in [9.17, 15) is 13.9 Å². The molecule has 4 nitrogen and oxygen atoms in total. The van der Waals surface area contributed by atoms with Gasteiger partial charge in [0, 0.05) is 49.2 Å². The molecule has 0 bridgehead atoms. The lowest BCUT2D eigenvalue weighted by Gasteiger charge is -2.36. The Morgan fingerprint density at radius 3 is 2.50 bits per heavy atom. The van der Waals surface area contributed by atoms with Gasteiger partial charge in [-0.2, -0.15) is 0 Å². The predicted octanol–water partition coefficient (Wildman–Crippen LogP) is 2.62. The van der Waals surface area contributed by atoms with Crippen LogP contribution in [0.15, 0.2) is 30.6 Å². The second-order valence-corrected chi connectivity index (χ2v) is 5.81. The highest BCUT2D eigenvalue weighted by Crippen LogP contribution is 2.33. The largest absolute Gasteiger partial charge is 0.396 e. The zero-order valence-corrected chi connectivity index (χ0v) is 12.1. The summed E-state index contributed by atoms with van der Waals surface area (Å²) >= 11 is 0. The number of benzene rings is 1. The van der Waals surface area contributed by atoms with E-state index >= 15 is 0 Å². The first-order valence-electron chi connectivity index (χ1n) is 7.28. The molecule has 118 valence electrons. The van der Waals surface area contributed by atoms with Crippen LogP contribution in [-0.2, 0) is 11.3 Å². The van der Waals surface area contributed by atoms with Gasteiger partial charge in [0.25, 0.3) is 0 Å². The van der Waals surface area contributed by atoms with Crippen LogP contribution in [0.1, 0.15) is 12.8 Å². The van der Waals surface area contributed by atoms with Crippen LogP contribution in [0.5, 0.6) is 0 Å². The van der Waals surface area contributed by atoms with Gasteiger partial charge in [-0.15, -0.1) is 0 Å². The molecule has 0 amide bonds. The summed E-state index contributed by atoms with van der Waals surface area (Å²) in [6.07, 6.45) is 4.87. The fraction of sp³-hybridized carbons (Fsp3) is 0.438. The van der Waals surface area contributed by atoms with Gasteiger partial charge in [0.1, 0.15) is 17.5 Å². The Kier molecular flexibility index (Phi) is 4.22. The second kappa shape index (κ2) is 6.14. The van der Waals surface area contributed by atoms with Crippen molar-refractivity contribution < 1.29 is 18.6 Å². The third-order valence-corrected chi connectivity index (χ3v) is 4.23. The summed E-state index contributed by atoms with van der Waals surface area (Å²) < 4.78 is 34.0. The highest BCUT2D eigenvalue weighted by atomic mass is 19.1. The van der Waals surface area contributed by atoms with Crippen LogP contribution >= 0.6 is 0 Å².